The van der Waals surface area contributed by atoms with Crippen molar-refractivity contribution in [3.8, 4) is 17.6 Å². The molecular formula is C9H5ClFNO2. The van der Waals surface area contributed by atoms with Gasteiger partial charge in [0.2, 0.25) is 6.79 Å². The Hall–Kier alpha value is -1.47. The van der Waals surface area contributed by atoms with E-state index in [9.17, 15) is 4.39 Å². The topological polar surface area (TPSA) is 42.2 Å². The molecule has 1 aliphatic heterocycles. The van der Waals surface area contributed by atoms with Crippen LogP contribution in [0.4, 0.5) is 4.39 Å². The first-order chi connectivity index (χ1) is 6.74. The van der Waals surface area contributed by atoms with Gasteiger partial charge < -0.3 is 9.47 Å². The molecule has 0 unspecified atom stereocenters. The zero-order valence-electron chi connectivity index (χ0n) is 7.01. The van der Waals surface area contributed by atoms with Gasteiger partial charge in [-0.2, -0.15) is 5.26 Å². The van der Waals surface area contributed by atoms with Gasteiger partial charge in [-0.1, -0.05) is 11.6 Å². The fourth-order valence-corrected chi connectivity index (χ4v) is 1.50. The van der Waals surface area contributed by atoms with Crippen LogP contribution in [0.1, 0.15) is 5.56 Å². The summed E-state index contributed by atoms with van der Waals surface area (Å²) >= 11 is 5.61. The summed E-state index contributed by atoms with van der Waals surface area (Å²) in [5, 5.41) is 8.45. The molecule has 1 aromatic rings. The third-order valence-electron chi connectivity index (χ3n) is 1.90. The second kappa shape index (κ2) is 3.35. The minimum absolute atomic E-state index is 0.0353. The minimum Gasteiger partial charge on any atom is -0.454 e. The first-order valence-corrected chi connectivity index (χ1v) is 4.25. The average Bonchev–Trinajstić information content (AvgIpc) is 2.60. The molecule has 0 N–H and O–H groups in total. The molecule has 3 nitrogen and oxygen atoms in total. The smallest absolute Gasteiger partial charge is 0.231 e. The fraction of sp³-hybridized carbons (Fsp3) is 0.222. The van der Waals surface area contributed by atoms with Crippen LogP contribution in [0.2, 0.25) is 5.02 Å². The molecule has 0 bridgehead atoms. The van der Waals surface area contributed by atoms with Crippen molar-refractivity contribution in [1.29, 1.82) is 5.26 Å². The predicted octanol–water partition coefficient (Wildman–Crippen LogP) is 2.27. The molecule has 0 spiro atoms. The van der Waals surface area contributed by atoms with Gasteiger partial charge in [0.15, 0.2) is 11.5 Å². The van der Waals surface area contributed by atoms with Gasteiger partial charge in [0.25, 0.3) is 0 Å². The highest BCUT2D eigenvalue weighted by atomic mass is 35.5. The monoisotopic (exact) mass is 213 g/mol. The van der Waals surface area contributed by atoms with Crippen LogP contribution in [0.3, 0.4) is 0 Å². The van der Waals surface area contributed by atoms with Crippen molar-refractivity contribution in [1.82, 2.24) is 0 Å². The van der Waals surface area contributed by atoms with Crippen molar-refractivity contribution in [3.05, 3.63) is 22.5 Å². The fourth-order valence-electron chi connectivity index (χ4n) is 1.29. The van der Waals surface area contributed by atoms with E-state index in [2.05, 4.69) is 0 Å². The molecule has 1 aromatic carbocycles. The van der Waals surface area contributed by atoms with Crippen LogP contribution in [0.25, 0.3) is 0 Å². The molecule has 0 fully saturated rings. The highest BCUT2D eigenvalue weighted by molar-refractivity contribution is 6.31. The van der Waals surface area contributed by atoms with E-state index >= 15 is 0 Å². The van der Waals surface area contributed by atoms with Gasteiger partial charge in [-0.15, -0.1) is 0 Å². The molecule has 0 saturated heterocycles. The van der Waals surface area contributed by atoms with Crippen molar-refractivity contribution in [3.63, 3.8) is 0 Å². The largest absolute Gasteiger partial charge is 0.454 e. The molecule has 0 aromatic heterocycles. The number of ether oxygens (including phenoxy) is 2. The zero-order chi connectivity index (χ0) is 10.1. The van der Waals surface area contributed by atoms with E-state index in [-0.39, 0.29) is 29.5 Å². The Bertz CT molecular complexity index is 428. The molecule has 0 radical (unpaired) electrons. The van der Waals surface area contributed by atoms with Crippen molar-refractivity contribution < 1.29 is 13.9 Å². The standard InChI is InChI=1S/C9H5ClFNO2/c10-6-3-7-9(14-4-13-7)5(1-2-12)8(6)11/h3H,1,4H2. The Balaban J connectivity index is 2.61. The van der Waals surface area contributed by atoms with Crippen LogP contribution < -0.4 is 9.47 Å². The van der Waals surface area contributed by atoms with E-state index in [0.29, 0.717) is 5.75 Å². The summed E-state index contributed by atoms with van der Waals surface area (Å²) in [6, 6.07) is 3.19. The van der Waals surface area contributed by atoms with E-state index in [1.807, 2.05) is 6.07 Å². The first kappa shape index (κ1) is 9.10. The molecule has 1 aliphatic rings. The summed E-state index contributed by atoms with van der Waals surface area (Å²) in [4.78, 5) is 0. The summed E-state index contributed by atoms with van der Waals surface area (Å²) in [6.07, 6.45) is -0.0852. The number of fused-ring (bicyclic) bond motifs is 1. The summed E-state index contributed by atoms with van der Waals surface area (Å²) in [7, 11) is 0. The lowest BCUT2D eigenvalue weighted by Gasteiger charge is -2.04. The van der Waals surface area contributed by atoms with Gasteiger partial charge in [0.1, 0.15) is 5.82 Å². The van der Waals surface area contributed by atoms with E-state index < -0.39 is 5.82 Å². The van der Waals surface area contributed by atoms with E-state index in [1.165, 1.54) is 6.07 Å². The minimum atomic E-state index is -0.613. The Labute approximate surface area is 84.6 Å². The molecule has 14 heavy (non-hydrogen) atoms. The van der Waals surface area contributed by atoms with Crippen LogP contribution in [-0.4, -0.2) is 6.79 Å². The van der Waals surface area contributed by atoms with E-state index in [0.717, 1.165) is 0 Å². The number of hydrogen-bond acceptors (Lipinski definition) is 3. The maximum Gasteiger partial charge on any atom is 0.231 e. The van der Waals surface area contributed by atoms with Gasteiger partial charge >= 0.3 is 0 Å². The van der Waals surface area contributed by atoms with Crippen molar-refractivity contribution in [2.45, 2.75) is 6.42 Å². The average molecular weight is 214 g/mol. The molecule has 0 amide bonds. The molecule has 72 valence electrons. The van der Waals surface area contributed by atoms with Crippen molar-refractivity contribution in [2.75, 3.05) is 6.79 Å². The highest BCUT2D eigenvalue weighted by Gasteiger charge is 2.23. The van der Waals surface area contributed by atoms with E-state index in [1.54, 1.807) is 0 Å². The second-order valence-corrected chi connectivity index (χ2v) is 3.13. The molecule has 0 atom stereocenters. The molecule has 1 heterocycles. The first-order valence-electron chi connectivity index (χ1n) is 3.87. The second-order valence-electron chi connectivity index (χ2n) is 2.72. The maximum atomic E-state index is 13.4. The van der Waals surface area contributed by atoms with Gasteiger partial charge in [0.05, 0.1) is 17.5 Å². The molecule has 5 heteroatoms. The van der Waals surface area contributed by atoms with Crippen LogP contribution >= 0.6 is 11.6 Å². The summed E-state index contributed by atoms with van der Waals surface area (Å²) in [5.41, 5.74) is 0.160. The third kappa shape index (κ3) is 1.26. The van der Waals surface area contributed by atoms with Crippen molar-refractivity contribution >= 4 is 11.6 Å². The van der Waals surface area contributed by atoms with Gasteiger partial charge in [-0.05, 0) is 0 Å². The normalized spacial score (nSPS) is 12.6. The number of halogens is 2. The Morgan fingerprint density at radius 1 is 1.57 bits per heavy atom. The molecule has 0 saturated carbocycles. The van der Waals surface area contributed by atoms with E-state index in [4.69, 9.17) is 26.3 Å². The van der Waals surface area contributed by atoms with Crippen molar-refractivity contribution in [2.24, 2.45) is 0 Å². The number of benzene rings is 1. The molecule has 0 aliphatic carbocycles. The van der Waals surface area contributed by atoms with Crippen LogP contribution in [-0.2, 0) is 6.42 Å². The quantitative estimate of drug-likeness (QED) is 0.719. The highest BCUT2D eigenvalue weighted by Crippen LogP contribution is 2.40. The number of nitrogens with zero attached hydrogens (tertiary/aromatic N) is 1. The van der Waals surface area contributed by atoms with Gasteiger partial charge in [-0.3, -0.25) is 0 Å². The third-order valence-corrected chi connectivity index (χ3v) is 2.18. The number of rotatable bonds is 1. The van der Waals surface area contributed by atoms with Crippen LogP contribution in [0, 0.1) is 17.1 Å². The summed E-state index contributed by atoms with van der Waals surface area (Å²) in [5.74, 6) is 0.0626. The number of nitriles is 1. The molecule has 2 rings (SSSR count). The van der Waals surface area contributed by atoms with Crippen LogP contribution in [0.15, 0.2) is 6.07 Å². The number of hydrogen-bond donors (Lipinski definition) is 0. The van der Waals surface area contributed by atoms with Gasteiger partial charge in [0, 0.05) is 11.6 Å². The maximum absolute atomic E-state index is 13.4. The zero-order valence-corrected chi connectivity index (χ0v) is 7.77. The lowest BCUT2D eigenvalue weighted by molar-refractivity contribution is 0.173. The summed E-state index contributed by atoms with van der Waals surface area (Å²) in [6.45, 7) is 0.0353. The Kier molecular flexibility index (Phi) is 2.18. The molecular weight excluding hydrogens is 209 g/mol. The lowest BCUT2D eigenvalue weighted by atomic mass is 10.1. The van der Waals surface area contributed by atoms with Gasteiger partial charge in [-0.25, -0.2) is 4.39 Å². The predicted molar refractivity (Wildman–Crippen MR) is 46.9 cm³/mol. The van der Waals surface area contributed by atoms with Crippen LogP contribution in [0.5, 0.6) is 11.5 Å². The Morgan fingerprint density at radius 2 is 2.36 bits per heavy atom. The SMILES string of the molecule is N#CCc1c(F)c(Cl)cc2c1OCO2. The summed E-state index contributed by atoms with van der Waals surface area (Å²) < 4.78 is 23.5. The lowest BCUT2D eigenvalue weighted by Crippen LogP contribution is -1.95. The Morgan fingerprint density at radius 3 is 3.07 bits per heavy atom.